The van der Waals surface area contributed by atoms with Gasteiger partial charge in [0.15, 0.2) is 0 Å². The Hall–Kier alpha value is -1.05. The van der Waals surface area contributed by atoms with E-state index < -0.39 is 10.0 Å². The second-order valence-electron chi connectivity index (χ2n) is 6.17. The van der Waals surface area contributed by atoms with Crippen molar-refractivity contribution in [3.63, 3.8) is 0 Å². The quantitative estimate of drug-likeness (QED) is 0.899. The molecule has 1 aromatic rings. The molecule has 0 radical (unpaired) electrons. The third kappa shape index (κ3) is 4.08. The Morgan fingerprint density at radius 3 is 2.52 bits per heavy atom. The first-order valence-corrected chi connectivity index (χ1v) is 10.6. The fourth-order valence-corrected chi connectivity index (χ4v) is 4.97. The maximum absolute atomic E-state index is 12.7. The highest BCUT2D eigenvalue weighted by atomic mass is 32.2. The number of hydrogen-bond donors (Lipinski definition) is 1. The van der Waals surface area contributed by atoms with E-state index in [9.17, 15) is 13.2 Å². The van der Waals surface area contributed by atoms with Crippen LogP contribution in [0.5, 0.6) is 0 Å². The molecule has 1 saturated carbocycles. The van der Waals surface area contributed by atoms with Crippen LogP contribution in [-0.4, -0.2) is 49.4 Å². The van der Waals surface area contributed by atoms with Crippen LogP contribution in [0.3, 0.4) is 0 Å². The number of benzene rings is 1. The van der Waals surface area contributed by atoms with E-state index in [4.69, 9.17) is 0 Å². The second-order valence-corrected chi connectivity index (χ2v) is 9.11. The van der Waals surface area contributed by atoms with Crippen molar-refractivity contribution in [1.29, 1.82) is 0 Å². The Bertz CT molecular complexity index is 669. The van der Waals surface area contributed by atoms with Crippen molar-refractivity contribution in [2.45, 2.75) is 43.2 Å². The van der Waals surface area contributed by atoms with Crippen LogP contribution in [0.2, 0.25) is 0 Å². The summed E-state index contributed by atoms with van der Waals surface area (Å²) in [6, 6.07) is 6.59. The zero-order valence-corrected chi connectivity index (χ0v) is 14.8. The van der Waals surface area contributed by atoms with Gasteiger partial charge in [0.2, 0.25) is 10.0 Å². The molecule has 2 fully saturated rings. The Morgan fingerprint density at radius 1 is 1.17 bits per heavy atom. The molecule has 23 heavy (non-hydrogen) atoms. The minimum atomic E-state index is -3.46. The number of nitrogens with zero attached hydrogens (tertiary/aromatic N) is 1. The van der Waals surface area contributed by atoms with E-state index in [-0.39, 0.29) is 22.9 Å². The topological polar surface area (TPSA) is 66.5 Å². The molecule has 1 amide bonds. The lowest BCUT2D eigenvalue weighted by Gasteiger charge is -2.27. The van der Waals surface area contributed by atoms with Crippen LogP contribution in [0, 0.1) is 0 Å². The highest BCUT2D eigenvalue weighted by Gasteiger charge is 2.28. The molecule has 0 bridgehead atoms. The van der Waals surface area contributed by atoms with Crippen LogP contribution < -0.4 is 4.72 Å². The molecule has 3 rings (SSSR count). The van der Waals surface area contributed by atoms with Crippen LogP contribution >= 0.6 is 11.8 Å². The maximum Gasteiger partial charge on any atom is 0.254 e. The van der Waals surface area contributed by atoms with E-state index in [0.29, 0.717) is 5.56 Å². The predicted octanol–water partition coefficient (Wildman–Crippen LogP) is 2.09. The first-order valence-electron chi connectivity index (χ1n) is 7.98. The third-order valence-corrected chi connectivity index (χ3v) is 6.79. The number of sulfonamides is 1. The highest BCUT2D eigenvalue weighted by molar-refractivity contribution is 7.99. The van der Waals surface area contributed by atoms with Gasteiger partial charge in [-0.3, -0.25) is 4.79 Å². The predicted molar refractivity (Wildman–Crippen MR) is 92.2 cm³/mol. The lowest BCUT2D eigenvalue weighted by atomic mass is 10.1. The van der Waals surface area contributed by atoms with Gasteiger partial charge in [0, 0.05) is 29.9 Å². The van der Waals surface area contributed by atoms with Crippen LogP contribution in [0.1, 0.15) is 36.5 Å². The molecule has 2 aliphatic rings. The number of rotatable bonds is 4. The molecule has 1 atom stereocenters. The van der Waals surface area contributed by atoms with Gasteiger partial charge in [-0.05, 0) is 56.2 Å². The van der Waals surface area contributed by atoms with Crippen molar-refractivity contribution >= 4 is 27.7 Å². The van der Waals surface area contributed by atoms with Gasteiger partial charge < -0.3 is 4.90 Å². The molecule has 1 aromatic carbocycles. The zero-order chi connectivity index (χ0) is 16.4. The molecular weight excluding hydrogens is 332 g/mol. The molecule has 0 spiro atoms. The lowest BCUT2D eigenvalue weighted by molar-refractivity contribution is 0.0706. The van der Waals surface area contributed by atoms with Gasteiger partial charge in [0.1, 0.15) is 0 Å². The SMILES string of the molecule is C[C@@H]1CCSCCN1C(=O)c1ccc(S(=O)(=O)NC2CC2)cc1. The van der Waals surface area contributed by atoms with E-state index in [2.05, 4.69) is 11.6 Å². The summed E-state index contributed by atoms with van der Waals surface area (Å²) >= 11 is 1.87. The first-order chi connectivity index (χ1) is 11.0. The average Bonchev–Trinajstić information content (AvgIpc) is 3.34. The van der Waals surface area contributed by atoms with Crippen molar-refractivity contribution < 1.29 is 13.2 Å². The summed E-state index contributed by atoms with van der Waals surface area (Å²) in [5.41, 5.74) is 0.550. The van der Waals surface area contributed by atoms with Crippen molar-refractivity contribution in [3.8, 4) is 0 Å². The molecular formula is C16H22N2O3S2. The van der Waals surface area contributed by atoms with Crippen molar-refractivity contribution in [2.24, 2.45) is 0 Å². The van der Waals surface area contributed by atoms with Gasteiger partial charge in [-0.1, -0.05) is 0 Å². The number of carbonyl (C=O) groups is 1. The smallest absolute Gasteiger partial charge is 0.254 e. The van der Waals surface area contributed by atoms with Crippen molar-refractivity contribution in [3.05, 3.63) is 29.8 Å². The van der Waals surface area contributed by atoms with E-state index in [1.54, 1.807) is 12.1 Å². The molecule has 1 aliphatic heterocycles. The van der Waals surface area contributed by atoms with E-state index in [1.165, 1.54) is 12.1 Å². The van der Waals surface area contributed by atoms with Gasteiger partial charge in [-0.15, -0.1) is 0 Å². The number of carbonyl (C=O) groups excluding carboxylic acids is 1. The molecule has 5 nitrogen and oxygen atoms in total. The van der Waals surface area contributed by atoms with Crippen molar-refractivity contribution in [2.75, 3.05) is 18.1 Å². The second kappa shape index (κ2) is 6.83. The number of thioether (sulfide) groups is 1. The molecule has 1 N–H and O–H groups in total. The van der Waals surface area contributed by atoms with Gasteiger partial charge in [0.05, 0.1) is 4.90 Å². The minimum Gasteiger partial charge on any atom is -0.335 e. The molecule has 0 unspecified atom stereocenters. The Labute approximate surface area is 141 Å². The molecule has 1 aliphatic carbocycles. The zero-order valence-electron chi connectivity index (χ0n) is 13.2. The summed E-state index contributed by atoms with van der Waals surface area (Å²) in [5.74, 6) is 2.02. The van der Waals surface area contributed by atoms with Crippen LogP contribution in [0.4, 0.5) is 0 Å². The van der Waals surface area contributed by atoms with Crippen LogP contribution in [0.25, 0.3) is 0 Å². The molecule has 1 heterocycles. The molecule has 7 heteroatoms. The van der Waals surface area contributed by atoms with Crippen molar-refractivity contribution in [1.82, 2.24) is 9.62 Å². The highest BCUT2D eigenvalue weighted by Crippen LogP contribution is 2.23. The summed E-state index contributed by atoms with van der Waals surface area (Å²) in [6.07, 6.45) is 2.80. The Kier molecular flexibility index (Phi) is 4.98. The first kappa shape index (κ1) is 16.8. The standard InChI is InChI=1S/C16H22N2O3S2/c1-12-8-10-22-11-9-18(12)16(19)13-2-6-15(7-3-13)23(20,21)17-14-4-5-14/h2-3,6-7,12,14,17H,4-5,8-11H2,1H3/t12-/m1/s1. The van der Waals surface area contributed by atoms with Gasteiger partial charge in [0.25, 0.3) is 5.91 Å². The Morgan fingerprint density at radius 2 is 1.87 bits per heavy atom. The monoisotopic (exact) mass is 354 g/mol. The van der Waals surface area contributed by atoms with E-state index in [0.717, 1.165) is 37.3 Å². The summed E-state index contributed by atoms with van der Waals surface area (Å²) in [5, 5.41) is 0. The molecule has 1 saturated heterocycles. The summed E-state index contributed by atoms with van der Waals surface area (Å²) in [4.78, 5) is 14.8. The fourth-order valence-electron chi connectivity index (χ4n) is 2.63. The normalized spacial score (nSPS) is 22.7. The van der Waals surface area contributed by atoms with Gasteiger partial charge in [-0.2, -0.15) is 11.8 Å². The number of nitrogens with one attached hydrogen (secondary N) is 1. The lowest BCUT2D eigenvalue weighted by Crippen LogP contribution is -2.39. The summed E-state index contributed by atoms with van der Waals surface area (Å²) in [7, 11) is -3.46. The fraction of sp³-hybridized carbons (Fsp3) is 0.562. The number of hydrogen-bond acceptors (Lipinski definition) is 4. The van der Waals surface area contributed by atoms with E-state index >= 15 is 0 Å². The van der Waals surface area contributed by atoms with Crippen LogP contribution in [0.15, 0.2) is 29.2 Å². The number of amides is 1. The Balaban J connectivity index is 1.74. The van der Waals surface area contributed by atoms with Crippen LogP contribution in [-0.2, 0) is 10.0 Å². The average molecular weight is 354 g/mol. The minimum absolute atomic E-state index is 0.0147. The maximum atomic E-state index is 12.7. The summed E-state index contributed by atoms with van der Waals surface area (Å²) in [6.45, 7) is 2.82. The largest absolute Gasteiger partial charge is 0.335 e. The van der Waals surface area contributed by atoms with Gasteiger partial charge >= 0.3 is 0 Å². The van der Waals surface area contributed by atoms with Gasteiger partial charge in [-0.25, -0.2) is 13.1 Å². The third-order valence-electron chi connectivity index (χ3n) is 4.26. The van der Waals surface area contributed by atoms with E-state index in [1.807, 2.05) is 16.7 Å². The summed E-state index contributed by atoms with van der Waals surface area (Å²) < 4.78 is 27.0. The molecule has 126 valence electrons. The molecule has 0 aromatic heterocycles.